The highest BCUT2D eigenvalue weighted by Gasteiger charge is 2.40. The normalized spacial score (nSPS) is 16.8. The Morgan fingerprint density at radius 3 is 2.16 bits per heavy atom. The first-order valence-corrected chi connectivity index (χ1v) is 11.8. The Kier molecular flexibility index (Phi) is 7.31. The fourth-order valence-electron chi connectivity index (χ4n) is 4.57. The smallest absolute Gasteiger partial charge is 0.336 e. The SMILES string of the molecule is COC(=O)C1=C(C)NC(C)=C(C(=O)OCCN2C(=O)c3ccccc3C2=O)C1c1cc([N+](=O)[O-])ccc1Cl. The van der Waals surface area contributed by atoms with Crippen LogP contribution in [0.25, 0.3) is 0 Å². The van der Waals surface area contributed by atoms with Gasteiger partial charge in [0.15, 0.2) is 0 Å². The molecule has 0 aromatic heterocycles. The summed E-state index contributed by atoms with van der Waals surface area (Å²) in [5, 5.41) is 14.5. The number of nitrogens with zero attached hydrogens (tertiary/aromatic N) is 2. The monoisotopic (exact) mass is 539 g/mol. The summed E-state index contributed by atoms with van der Waals surface area (Å²) in [6.07, 6.45) is 0. The van der Waals surface area contributed by atoms with Crippen LogP contribution in [0.4, 0.5) is 5.69 Å². The van der Waals surface area contributed by atoms with Crippen LogP contribution < -0.4 is 5.32 Å². The fourth-order valence-corrected chi connectivity index (χ4v) is 4.80. The van der Waals surface area contributed by atoms with Gasteiger partial charge in [-0.25, -0.2) is 9.59 Å². The Bertz CT molecular complexity index is 1430. The molecular weight excluding hydrogens is 518 g/mol. The second-order valence-corrected chi connectivity index (χ2v) is 8.94. The van der Waals surface area contributed by atoms with E-state index < -0.39 is 34.6 Å². The van der Waals surface area contributed by atoms with Gasteiger partial charge in [0, 0.05) is 28.5 Å². The van der Waals surface area contributed by atoms with E-state index in [1.165, 1.54) is 25.3 Å². The molecule has 2 heterocycles. The van der Waals surface area contributed by atoms with Crippen LogP contribution in [0.5, 0.6) is 0 Å². The van der Waals surface area contributed by atoms with Gasteiger partial charge in [-0.15, -0.1) is 0 Å². The third-order valence-electron chi connectivity index (χ3n) is 6.31. The zero-order valence-corrected chi connectivity index (χ0v) is 21.3. The number of imide groups is 1. The topological polar surface area (TPSA) is 145 Å². The van der Waals surface area contributed by atoms with Gasteiger partial charge in [0.1, 0.15) is 6.61 Å². The maximum atomic E-state index is 13.4. The molecule has 0 aliphatic carbocycles. The van der Waals surface area contributed by atoms with Gasteiger partial charge < -0.3 is 14.8 Å². The average Bonchev–Trinajstić information content (AvgIpc) is 3.13. The van der Waals surface area contributed by atoms with Crippen LogP contribution >= 0.6 is 11.6 Å². The second-order valence-electron chi connectivity index (χ2n) is 8.53. The number of nitro benzene ring substituents is 1. The number of dihydropyridines is 1. The van der Waals surface area contributed by atoms with E-state index in [2.05, 4.69) is 5.32 Å². The number of carbonyl (C=O) groups is 4. The van der Waals surface area contributed by atoms with E-state index in [0.29, 0.717) is 11.4 Å². The van der Waals surface area contributed by atoms with Gasteiger partial charge in [0.05, 0.1) is 46.8 Å². The number of non-ortho nitro benzene ring substituents is 1. The van der Waals surface area contributed by atoms with Crippen molar-refractivity contribution in [3.8, 4) is 0 Å². The Hall–Kier alpha value is -4.51. The molecule has 2 aliphatic rings. The molecule has 12 heteroatoms. The van der Waals surface area contributed by atoms with Crippen molar-refractivity contribution in [3.05, 3.63) is 96.8 Å². The van der Waals surface area contributed by atoms with E-state index in [4.69, 9.17) is 21.1 Å². The molecule has 0 saturated carbocycles. The summed E-state index contributed by atoms with van der Waals surface area (Å²) in [5.41, 5.74) is 1.06. The number of nitrogens with one attached hydrogen (secondary N) is 1. The van der Waals surface area contributed by atoms with E-state index in [-0.39, 0.29) is 51.7 Å². The lowest BCUT2D eigenvalue weighted by Gasteiger charge is -2.30. The van der Waals surface area contributed by atoms with Crippen molar-refractivity contribution in [2.45, 2.75) is 19.8 Å². The summed E-state index contributed by atoms with van der Waals surface area (Å²) in [4.78, 5) is 63.2. The Balaban J connectivity index is 1.64. The zero-order valence-electron chi connectivity index (χ0n) is 20.6. The summed E-state index contributed by atoms with van der Waals surface area (Å²) in [7, 11) is 1.17. The first-order valence-electron chi connectivity index (χ1n) is 11.4. The van der Waals surface area contributed by atoms with Gasteiger partial charge in [-0.1, -0.05) is 23.7 Å². The third-order valence-corrected chi connectivity index (χ3v) is 6.66. The number of methoxy groups -OCH3 is 1. The molecule has 0 bridgehead atoms. The van der Waals surface area contributed by atoms with E-state index in [0.717, 1.165) is 4.90 Å². The minimum Gasteiger partial charge on any atom is -0.466 e. The standard InChI is InChI=1S/C26H22ClN3O8/c1-13-20(25(33)37-3)22(18-12-15(30(35)36)8-9-19(18)27)21(14(2)28-13)26(34)38-11-10-29-23(31)16-6-4-5-7-17(16)24(29)32/h4-9,12,22,28H,10-11H2,1-3H3. The van der Waals surface area contributed by atoms with E-state index in [1.807, 2.05) is 0 Å². The number of benzene rings is 2. The molecule has 2 aliphatic heterocycles. The van der Waals surface area contributed by atoms with Crippen LogP contribution in [0.3, 0.4) is 0 Å². The predicted molar refractivity (Wildman–Crippen MR) is 134 cm³/mol. The van der Waals surface area contributed by atoms with Crippen molar-refractivity contribution >= 4 is 41.0 Å². The molecule has 0 fully saturated rings. The number of hydrogen-bond acceptors (Lipinski definition) is 9. The largest absolute Gasteiger partial charge is 0.466 e. The lowest BCUT2D eigenvalue weighted by Crippen LogP contribution is -2.35. The molecule has 196 valence electrons. The highest BCUT2D eigenvalue weighted by molar-refractivity contribution is 6.31. The van der Waals surface area contributed by atoms with Crippen molar-refractivity contribution < 1.29 is 33.6 Å². The second kappa shape index (κ2) is 10.5. The maximum absolute atomic E-state index is 13.4. The van der Waals surface area contributed by atoms with Gasteiger partial charge in [-0.2, -0.15) is 0 Å². The molecule has 1 unspecified atom stereocenters. The van der Waals surface area contributed by atoms with Crippen molar-refractivity contribution in [1.29, 1.82) is 0 Å². The van der Waals surface area contributed by atoms with Gasteiger partial charge in [-0.3, -0.25) is 24.6 Å². The number of hydrogen-bond donors (Lipinski definition) is 1. The summed E-state index contributed by atoms with van der Waals surface area (Å²) >= 11 is 6.41. The molecule has 1 N–H and O–H groups in total. The average molecular weight is 540 g/mol. The Labute approximate surface area is 221 Å². The Morgan fingerprint density at radius 2 is 1.61 bits per heavy atom. The number of fused-ring (bicyclic) bond motifs is 1. The molecule has 0 saturated heterocycles. The molecule has 2 amide bonds. The summed E-state index contributed by atoms with van der Waals surface area (Å²) in [6.45, 7) is 2.65. The van der Waals surface area contributed by atoms with Crippen LogP contribution in [0, 0.1) is 10.1 Å². The minimum atomic E-state index is -1.15. The van der Waals surface area contributed by atoms with Crippen molar-refractivity contribution in [3.63, 3.8) is 0 Å². The van der Waals surface area contributed by atoms with Crippen LogP contribution in [0.2, 0.25) is 5.02 Å². The lowest BCUT2D eigenvalue weighted by atomic mass is 9.80. The van der Waals surface area contributed by atoms with Gasteiger partial charge >= 0.3 is 11.9 Å². The zero-order chi connectivity index (χ0) is 27.7. The summed E-state index contributed by atoms with van der Waals surface area (Å²) in [5.74, 6) is -3.78. The number of amides is 2. The Morgan fingerprint density at radius 1 is 1.03 bits per heavy atom. The first-order chi connectivity index (χ1) is 18.1. The molecule has 38 heavy (non-hydrogen) atoms. The first kappa shape index (κ1) is 26.6. The molecule has 2 aromatic carbocycles. The van der Waals surface area contributed by atoms with Gasteiger partial charge in [-0.05, 0) is 37.6 Å². The number of allylic oxidation sites excluding steroid dienone is 2. The van der Waals surface area contributed by atoms with Crippen molar-refractivity contribution in [2.24, 2.45) is 0 Å². The molecule has 2 aromatic rings. The number of esters is 2. The van der Waals surface area contributed by atoms with Crippen molar-refractivity contribution in [2.75, 3.05) is 20.3 Å². The van der Waals surface area contributed by atoms with E-state index in [1.54, 1.807) is 38.1 Å². The number of ether oxygens (including phenoxy) is 2. The molecule has 1 atom stereocenters. The van der Waals surface area contributed by atoms with Crippen LogP contribution in [0.15, 0.2) is 65.0 Å². The molecular formula is C26H22ClN3O8. The van der Waals surface area contributed by atoms with Crippen LogP contribution in [-0.2, 0) is 19.1 Å². The number of halogens is 1. The minimum absolute atomic E-state index is 0.0211. The summed E-state index contributed by atoms with van der Waals surface area (Å²) in [6, 6.07) is 10.1. The quantitative estimate of drug-likeness (QED) is 0.242. The lowest BCUT2D eigenvalue weighted by molar-refractivity contribution is -0.384. The van der Waals surface area contributed by atoms with Gasteiger partial charge in [0.25, 0.3) is 17.5 Å². The van der Waals surface area contributed by atoms with Crippen LogP contribution in [-0.4, -0.2) is 53.8 Å². The molecule has 4 rings (SSSR count). The highest BCUT2D eigenvalue weighted by Crippen LogP contribution is 2.43. The predicted octanol–water partition coefficient (Wildman–Crippen LogP) is 3.50. The number of carbonyl (C=O) groups excluding carboxylic acids is 4. The van der Waals surface area contributed by atoms with Gasteiger partial charge in [0.2, 0.25) is 0 Å². The summed E-state index contributed by atoms with van der Waals surface area (Å²) < 4.78 is 10.4. The number of nitro groups is 1. The highest BCUT2D eigenvalue weighted by atomic mass is 35.5. The van der Waals surface area contributed by atoms with E-state index in [9.17, 15) is 29.3 Å². The van der Waals surface area contributed by atoms with Crippen molar-refractivity contribution in [1.82, 2.24) is 10.2 Å². The molecule has 11 nitrogen and oxygen atoms in total. The third kappa shape index (κ3) is 4.63. The molecule has 0 spiro atoms. The fraction of sp³-hybridized carbons (Fsp3) is 0.231. The maximum Gasteiger partial charge on any atom is 0.336 e. The molecule has 0 radical (unpaired) electrons. The van der Waals surface area contributed by atoms with E-state index >= 15 is 0 Å². The number of rotatable bonds is 7. The van der Waals surface area contributed by atoms with Crippen LogP contribution in [0.1, 0.15) is 46.0 Å².